The highest BCUT2D eigenvalue weighted by atomic mass is 32.1. The largest absolute Gasteiger partial charge is 0.493 e. The average Bonchev–Trinajstić information content (AvgIpc) is 3.51. The Kier molecular flexibility index (Phi) is 6.16. The van der Waals surface area contributed by atoms with Crippen LogP contribution in [0, 0.1) is 0 Å². The summed E-state index contributed by atoms with van der Waals surface area (Å²) in [5.41, 5.74) is 2.18. The van der Waals surface area contributed by atoms with E-state index < -0.39 is 0 Å². The smallest absolute Gasteiger partial charge is 0.246 e. The van der Waals surface area contributed by atoms with Gasteiger partial charge in [-0.25, -0.2) is 4.98 Å². The van der Waals surface area contributed by atoms with Crippen molar-refractivity contribution in [2.24, 2.45) is 0 Å². The van der Waals surface area contributed by atoms with Crippen LogP contribution in [0.2, 0.25) is 0 Å². The number of hydrogen-bond donors (Lipinski definition) is 0. The molecule has 2 aromatic rings. The van der Waals surface area contributed by atoms with Crippen LogP contribution in [0.1, 0.15) is 35.0 Å². The Morgan fingerprint density at radius 3 is 2.62 bits per heavy atom. The predicted octanol–water partition coefficient (Wildman–Crippen LogP) is 3.40. The number of carbonyl (C=O) groups excluding carboxylic acids is 1. The van der Waals surface area contributed by atoms with Gasteiger partial charge in [0.25, 0.3) is 0 Å². The minimum absolute atomic E-state index is 0.0460. The normalized spacial score (nSPS) is 17.7. The van der Waals surface area contributed by atoms with Crippen LogP contribution >= 0.6 is 11.3 Å². The summed E-state index contributed by atoms with van der Waals surface area (Å²) in [6.07, 6.45) is 6.05. The van der Waals surface area contributed by atoms with E-state index in [2.05, 4.69) is 10.3 Å². The van der Waals surface area contributed by atoms with Gasteiger partial charge in [-0.2, -0.15) is 0 Å². The zero-order chi connectivity index (χ0) is 20.2. The number of rotatable bonds is 7. The molecule has 0 N–H and O–H groups in total. The summed E-state index contributed by atoms with van der Waals surface area (Å²) < 4.78 is 10.6. The molecular weight excluding hydrogens is 386 g/mol. The van der Waals surface area contributed by atoms with Crippen LogP contribution in [0.15, 0.2) is 29.7 Å². The van der Waals surface area contributed by atoms with Gasteiger partial charge in [0.1, 0.15) is 5.01 Å². The van der Waals surface area contributed by atoms with E-state index in [9.17, 15) is 4.79 Å². The van der Waals surface area contributed by atoms with Gasteiger partial charge in [0, 0.05) is 43.6 Å². The van der Waals surface area contributed by atoms with E-state index in [1.54, 1.807) is 31.6 Å². The van der Waals surface area contributed by atoms with Gasteiger partial charge in [-0.1, -0.05) is 6.07 Å². The van der Waals surface area contributed by atoms with E-state index in [4.69, 9.17) is 14.5 Å². The third kappa shape index (κ3) is 4.97. The topological polar surface area (TPSA) is 54.9 Å². The summed E-state index contributed by atoms with van der Waals surface area (Å²) in [6.45, 7) is 4.15. The minimum atomic E-state index is 0.0460. The van der Waals surface area contributed by atoms with Crippen molar-refractivity contribution in [2.45, 2.75) is 25.3 Å². The monoisotopic (exact) mass is 413 g/mol. The standard InChI is InChI=1S/C22H27N3O3S/c1-27-19-7-3-16(13-20(19)28-2)4-8-22(26)25-11-9-24(10-12-25)14-21-23-18(15-29-21)17-5-6-17/h3-4,7-8,13,15,17H,5-6,9-12,14H2,1-2H3/b8-4+. The van der Waals surface area contributed by atoms with E-state index in [0.29, 0.717) is 17.4 Å². The van der Waals surface area contributed by atoms with Crippen molar-refractivity contribution in [2.75, 3.05) is 40.4 Å². The molecular formula is C22H27N3O3S. The molecule has 0 bridgehead atoms. The lowest BCUT2D eigenvalue weighted by atomic mass is 10.2. The molecule has 1 saturated heterocycles. The number of hydrogen-bond acceptors (Lipinski definition) is 6. The third-order valence-electron chi connectivity index (χ3n) is 5.43. The lowest BCUT2D eigenvalue weighted by Crippen LogP contribution is -2.47. The maximum Gasteiger partial charge on any atom is 0.246 e. The van der Waals surface area contributed by atoms with Gasteiger partial charge in [0.15, 0.2) is 11.5 Å². The molecule has 0 atom stereocenters. The molecule has 0 radical (unpaired) electrons. The molecule has 2 aliphatic rings. The van der Waals surface area contributed by atoms with Crippen molar-refractivity contribution >= 4 is 23.3 Å². The summed E-state index contributed by atoms with van der Waals surface area (Å²) in [6, 6.07) is 5.62. The van der Waals surface area contributed by atoms with Crippen molar-refractivity contribution in [3.05, 3.63) is 45.9 Å². The van der Waals surface area contributed by atoms with E-state index in [-0.39, 0.29) is 5.91 Å². The Balaban J connectivity index is 1.27. The molecule has 1 aromatic carbocycles. The molecule has 2 fully saturated rings. The van der Waals surface area contributed by atoms with Crippen molar-refractivity contribution in [3.8, 4) is 11.5 Å². The number of thiazole rings is 1. The van der Waals surface area contributed by atoms with Gasteiger partial charge in [0.05, 0.1) is 26.5 Å². The van der Waals surface area contributed by atoms with Crippen LogP contribution < -0.4 is 9.47 Å². The number of amides is 1. The molecule has 1 amide bonds. The molecule has 6 nitrogen and oxygen atoms in total. The highest BCUT2D eigenvalue weighted by Gasteiger charge is 2.26. The van der Waals surface area contributed by atoms with Crippen LogP contribution in [0.3, 0.4) is 0 Å². The van der Waals surface area contributed by atoms with Gasteiger partial charge in [0.2, 0.25) is 5.91 Å². The fourth-order valence-electron chi connectivity index (χ4n) is 3.51. The van der Waals surface area contributed by atoms with E-state index in [0.717, 1.165) is 38.3 Å². The predicted molar refractivity (Wildman–Crippen MR) is 115 cm³/mol. The molecule has 0 spiro atoms. The van der Waals surface area contributed by atoms with E-state index in [1.807, 2.05) is 29.2 Å². The van der Waals surface area contributed by atoms with E-state index >= 15 is 0 Å². The number of benzene rings is 1. The Bertz CT molecular complexity index is 883. The minimum Gasteiger partial charge on any atom is -0.493 e. The zero-order valence-electron chi connectivity index (χ0n) is 17.0. The SMILES string of the molecule is COc1ccc(/C=C/C(=O)N2CCN(Cc3nc(C4CC4)cs3)CC2)cc1OC. The summed E-state index contributed by atoms with van der Waals surface area (Å²) in [5, 5.41) is 3.41. The molecule has 29 heavy (non-hydrogen) atoms. The highest BCUT2D eigenvalue weighted by molar-refractivity contribution is 7.09. The average molecular weight is 414 g/mol. The number of nitrogens with zero attached hydrogens (tertiary/aromatic N) is 3. The molecule has 2 heterocycles. The summed E-state index contributed by atoms with van der Waals surface area (Å²) in [5.74, 6) is 2.09. The van der Waals surface area contributed by atoms with Crippen LogP contribution in [0.25, 0.3) is 6.08 Å². The fraction of sp³-hybridized carbons (Fsp3) is 0.455. The first kappa shape index (κ1) is 19.9. The van der Waals surface area contributed by atoms with Gasteiger partial charge in [-0.05, 0) is 36.6 Å². The van der Waals surface area contributed by atoms with E-state index in [1.165, 1.54) is 23.5 Å². The molecule has 0 unspecified atom stereocenters. The Labute approximate surface area is 175 Å². The molecule has 7 heteroatoms. The maximum atomic E-state index is 12.6. The Hall–Kier alpha value is -2.38. The number of piperazine rings is 1. The first-order valence-corrected chi connectivity index (χ1v) is 10.9. The lowest BCUT2D eigenvalue weighted by molar-refractivity contribution is -0.127. The van der Waals surface area contributed by atoms with Crippen molar-refractivity contribution in [3.63, 3.8) is 0 Å². The molecule has 1 aliphatic carbocycles. The van der Waals surface area contributed by atoms with Gasteiger partial charge in [-0.15, -0.1) is 11.3 Å². The van der Waals surface area contributed by atoms with Gasteiger partial charge in [-0.3, -0.25) is 9.69 Å². The summed E-state index contributed by atoms with van der Waals surface area (Å²) in [7, 11) is 3.21. The fourth-order valence-corrected chi connectivity index (χ4v) is 4.43. The van der Waals surface area contributed by atoms with Gasteiger partial charge < -0.3 is 14.4 Å². The molecule has 154 valence electrons. The molecule has 1 aromatic heterocycles. The molecule has 4 rings (SSSR count). The quantitative estimate of drug-likeness (QED) is 0.651. The number of aromatic nitrogens is 1. The Morgan fingerprint density at radius 1 is 1.17 bits per heavy atom. The number of methoxy groups -OCH3 is 2. The zero-order valence-corrected chi connectivity index (χ0v) is 17.8. The van der Waals surface area contributed by atoms with Crippen molar-refractivity contribution in [1.82, 2.24) is 14.8 Å². The van der Waals surface area contributed by atoms with Crippen molar-refractivity contribution in [1.29, 1.82) is 0 Å². The maximum absolute atomic E-state index is 12.6. The first-order valence-electron chi connectivity index (χ1n) is 10.0. The summed E-state index contributed by atoms with van der Waals surface area (Å²) in [4.78, 5) is 21.6. The van der Waals surface area contributed by atoms with Crippen LogP contribution in [0.5, 0.6) is 11.5 Å². The van der Waals surface area contributed by atoms with Crippen LogP contribution in [-0.4, -0.2) is 61.1 Å². The van der Waals surface area contributed by atoms with Crippen molar-refractivity contribution < 1.29 is 14.3 Å². The first-order chi connectivity index (χ1) is 14.2. The second-order valence-corrected chi connectivity index (χ2v) is 8.43. The molecule has 1 saturated carbocycles. The number of ether oxygens (including phenoxy) is 2. The number of carbonyl (C=O) groups is 1. The second-order valence-electron chi connectivity index (χ2n) is 7.49. The molecule has 1 aliphatic heterocycles. The third-order valence-corrected chi connectivity index (χ3v) is 6.29. The Morgan fingerprint density at radius 2 is 1.93 bits per heavy atom. The summed E-state index contributed by atoms with van der Waals surface area (Å²) >= 11 is 1.77. The van der Waals surface area contributed by atoms with Crippen LogP contribution in [-0.2, 0) is 11.3 Å². The van der Waals surface area contributed by atoms with Gasteiger partial charge >= 0.3 is 0 Å². The van der Waals surface area contributed by atoms with Crippen LogP contribution in [0.4, 0.5) is 0 Å². The lowest BCUT2D eigenvalue weighted by Gasteiger charge is -2.33. The highest BCUT2D eigenvalue weighted by Crippen LogP contribution is 2.40. The second kappa shape index (κ2) is 8.97.